The first-order valence-corrected chi connectivity index (χ1v) is 8.49. The number of nitro groups is 1. The van der Waals surface area contributed by atoms with Gasteiger partial charge in [0.05, 0.1) is 27.8 Å². The highest BCUT2D eigenvalue weighted by Gasteiger charge is 2.28. The molecule has 1 aromatic heterocycles. The van der Waals surface area contributed by atoms with Gasteiger partial charge in [-0.1, -0.05) is 0 Å². The summed E-state index contributed by atoms with van der Waals surface area (Å²) in [6.07, 6.45) is 0. The average molecular weight is 383 g/mol. The second-order valence-electron chi connectivity index (χ2n) is 6.19. The Morgan fingerprint density at radius 1 is 1.04 bits per heavy atom. The predicted octanol–water partition coefficient (Wildman–Crippen LogP) is 2.45. The van der Waals surface area contributed by atoms with Crippen LogP contribution in [0.5, 0.6) is 23.0 Å². The third-order valence-corrected chi connectivity index (χ3v) is 4.73. The maximum absolute atomic E-state index is 12.6. The molecule has 0 saturated carbocycles. The molecule has 0 N–H and O–H groups in total. The molecule has 2 aliphatic rings. The molecule has 5 rings (SSSR count). The van der Waals surface area contributed by atoms with Crippen LogP contribution in [0, 0.1) is 10.1 Å². The van der Waals surface area contributed by atoms with Crippen LogP contribution in [0.4, 0.5) is 5.69 Å². The number of ether oxygens (including phenoxy) is 4. The van der Waals surface area contributed by atoms with E-state index in [0.29, 0.717) is 34.7 Å². The lowest BCUT2D eigenvalue weighted by Crippen LogP contribution is -2.23. The minimum absolute atomic E-state index is 0.0275. The Hall–Kier alpha value is -3.82. The first kappa shape index (κ1) is 16.4. The van der Waals surface area contributed by atoms with Crippen molar-refractivity contribution in [2.45, 2.75) is 13.5 Å². The Bertz CT molecular complexity index is 1220. The molecule has 0 amide bonds. The molecule has 10 nitrogen and oxygen atoms in total. The van der Waals surface area contributed by atoms with Crippen molar-refractivity contribution in [3.63, 3.8) is 0 Å². The van der Waals surface area contributed by atoms with Crippen molar-refractivity contribution in [1.82, 2.24) is 9.55 Å². The molecule has 2 aromatic carbocycles. The molecule has 0 aliphatic carbocycles. The zero-order valence-corrected chi connectivity index (χ0v) is 14.6. The van der Waals surface area contributed by atoms with Gasteiger partial charge in [0.25, 0.3) is 5.69 Å². The van der Waals surface area contributed by atoms with Crippen molar-refractivity contribution in [1.29, 1.82) is 0 Å². The van der Waals surface area contributed by atoms with Crippen molar-refractivity contribution in [2.75, 3.05) is 13.6 Å². The number of nitrogens with zero attached hydrogens (tertiary/aromatic N) is 3. The van der Waals surface area contributed by atoms with Gasteiger partial charge in [-0.05, 0) is 13.0 Å². The highest BCUT2D eigenvalue weighted by molar-refractivity contribution is 5.97. The van der Waals surface area contributed by atoms with Crippen LogP contribution in [-0.4, -0.2) is 28.1 Å². The standard InChI is InChI=1S/C18H13N3O7/c1-2-20-11-5-15-13(25-7-27-15)3-9(11)17(19-18(20)22)10-4-14-16(28-8-26-14)6-12(10)21(23)24/h3-6H,2,7-8H2,1H3. The van der Waals surface area contributed by atoms with Crippen LogP contribution in [0.2, 0.25) is 0 Å². The van der Waals surface area contributed by atoms with E-state index in [9.17, 15) is 14.9 Å². The van der Waals surface area contributed by atoms with Gasteiger partial charge in [-0.15, -0.1) is 0 Å². The summed E-state index contributed by atoms with van der Waals surface area (Å²) in [6, 6.07) is 6.12. The molecule has 0 spiro atoms. The minimum Gasteiger partial charge on any atom is -0.454 e. The van der Waals surface area contributed by atoms with Crippen LogP contribution in [-0.2, 0) is 6.54 Å². The summed E-state index contributed by atoms with van der Waals surface area (Å²) in [5.41, 5.74) is 0.139. The van der Waals surface area contributed by atoms with Gasteiger partial charge < -0.3 is 18.9 Å². The van der Waals surface area contributed by atoms with Crippen LogP contribution < -0.4 is 24.6 Å². The summed E-state index contributed by atoms with van der Waals surface area (Å²) in [5, 5.41) is 12.2. The number of benzene rings is 2. The van der Waals surface area contributed by atoms with Crippen molar-refractivity contribution < 1.29 is 23.9 Å². The monoisotopic (exact) mass is 383 g/mol. The van der Waals surface area contributed by atoms with Gasteiger partial charge in [-0.25, -0.2) is 4.79 Å². The summed E-state index contributed by atoms with van der Waals surface area (Å²) < 4.78 is 22.9. The molecule has 10 heteroatoms. The van der Waals surface area contributed by atoms with Gasteiger partial charge >= 0.3 is 5.69 Å². The maximum atomic E-state index is 12.6. The Balaban J connectivity index is 1.88. The molecular formula is C18H13N3O7. The molecule has 142 valence electrons. The summed E-state index contributed by atoms with van der Waals surface area (Å²) in [5.74, 6) is 1.63. The van der Waals surface area contributed by atoms with E-state index < -0.39 is 10.6 Å². The molecule has 28 heavy (non-hydrogen) atoms. The Morgan fingerprint density at radius 2 is 1.64 bits per heavy atom. The molecule has 0 fully saturated rings. The first-order chi connectivity index (χ1) is 13.6. The molecule has 0 radical (unpaired) electrons. The van der Waals surface area contributed by atoms with E-state index in [-0.39, 0.29) is 36.3 Å². The molecule has 0 bridgehead atoms. The SMILES string of the molecule is CCn1c(=O)nc(-c2cc3c(cc2[N+](=O)[O-])OCO3)c2cc3c(cc21)OCO3. The molecule has 0 saturated heterocycles. The molecule has 0 atom stereocenters. The number of rotatable bonds is 3. The van der Waals surface area contributed by atoms with Crippen LogP contribution in [0.1, 0.15) is 6.92 Å². The fourth-order valence-electron chi connectivity index (χ4n) is 3.45. The summed E-state index contributed by atoms with van der Waals surface area (Å²) >= 11 is 0. The fourth-order valence-corrected chi connectivity index (χ4v) is 3.45. The minimum atomic E-state index is -0.539. The molecule has 3 heterocycles. The predicted molar refractivity (Wildman–Crippen MR) is 96.0 cm³/mol. The zero-order valence-electron chi connectivity index (χ0n) is 14.6. The summed E-state index contributed by atoms with van der Waals surface area (Å²) in [6.45, 7) is 2.23. The molecule has 0 unspecified atom stereocenters. The van der Waals surface area contributed by atoms with Crippen molar-refractivity contribution in [3.8, 4) is 34.3 Å². The Kier molecular flexibility index (Phi) is 3.41. The van der Waals surface area contributed by atoms with E-state index in [1.54, 1.807) is 12.1 Å². The van der Waals surface area contributed by atoms with Crippen molar-refractivity contribution in [2.24, 2.45) is 0 Å². The Morgan fingerprint density at radius 3 is 2.29 bits per heavy atom. The number of hydrogen-bond donors (Lipinski definition) is 0. The van der Waals surface area contributed by atoms with Gasteiger partial charge in [-0.2, -0.15) is 4.98 Å². The van der Waals surface area contributed by atoms with Gasteiger partial charge in [0.2, 0.25) is 13.6 Å². The quantitative estimate of drug-likeness (QED) is 0.500. The summed E-state index contributed by atoms with van der Waals surface area (Å²) in [7, 11) is 0. The number of hydrogen-bond acceptors (Lipinski definition) is 8. The summed E-state index contributed by atoms with van der Waals surface area (Å²) in [4.78, 5) is 27.9. The third kappa shape index (κ3) is 2.27. The number of aromatic nitrogens is 2. The molecular weight excluding hydrogens is 370 g/mol. The van der Waals surface area contributed by atoms with Gasteiger partial charge in [0.1, 0.15) is 0 Å². The van der Waals surface area contributed by atoms with Crippen molar-refractivity contribution in [3.05, 3.63) is 44.9 Å². The fraction of sp³-hybridized carbons (Fsp3) is 0.222. The number of aryl methyl sites for hydroxylation is 1. The second kappa shape index (κ2) is 5.84. The van der Waals surface area contributed by atoms with Gasteiger partial charge in [0.15, 0.2) is 23.0 Å². The molecule has 3 aromatic rings. The highest BCUT2D eigenvalue weighted by atomic mass is 16.7. The van der Waals surface area contributed by atoms with E-state index >= 15 is 0 Å². The Labute approximate surface area is 157 Å². The largest absolute Gasteiger partial charge is 0.454 e. The highest BCUT2D eigenvalue weighted by Crippen LogP contribution is 2.44. The van der Waals surface area contributed by atoms with Crippen LogP contribution >= 0.6 is 0 Å². The van der Waals surface area contributed by atoms with Crippen LogP contribution in [0.25, 0.3) is 22.2 Å². The average Bonchev–Trinajstić information content (AvgIpc) is 3.33. The number of nitro benzene ring substituents is 1. The van der Waals surface area contributed by atoms with Gasteiger partial charge in [-0.3, -0.25) is 14.7 Å². The van der Waals surface area contributed by atoms with Crippen LogP contribution in [0.15, 0.2) is 29.1 Å². The third-order valence-electron chi connectivity index (χ3n) is 4.73. The topological polar surface area (TPSA) is 115 Å². The first-order valence-electron chi connectivity index (χ1n) is 8.49. The van der Waals surface area contributed by atoms with E-state index in [0.717, 1.165) is 0 Å². The maximum Gasteiger partial charge on any atom is 0.348 e. The van der Waals surface area contributed by atoms with E-state index in [2.05, 4.69) is 4.98 Å². The van der Waals surface area contributed by atoms with Crippen LogP contribution in [0.3, 0.4) is 0 Å². The molecule has 2 aliphatic heterocycles. The second-order valence-corrected chi connectivity index (χ2v) is 6.19. The van der Waals surface area contributed by atoms with E-state index in [4.69, 9.17) is 18.9 Å². The number of fused-ring (bicyclic) bond motifs is 3. The smallest absolute Gasteiger partial charge is 0.348 e. The van der Waals surface area contributed by atoms with Crippen molar-refractivity contribution >= 4 is 16.6 Å². The van der Waals surface area contributed by atoms with E-state index in [1.807, 2.05) is 6.92 Å². The lowest BCUT2D eigenvalue weighted by Gasteiger charge is -2.12. The van der Waals surface area contributed by atoms with E-state index in [1.165, 1.54) is 16.7 Å². The normalized spacial score (nSPS) is 13.9. The van der Waals surface area contributed by atoms with Gasteiger partial charge in [0, 0.05) is 24.1 Å². The lowest BCUT2D eigenvalue weighted by molar-refractivity contribution is -0.384. The lowest BCUT2D eigenvalue weighted by atomic mass is 10.0. The zero-order chi connectivity index (χ0) is 19.4.